The largest absolute Gasteiger partial charge is 0.283 e. The van der Waals surface area contributed by atoms with Crippen LogP contribution in [0.15, 0.2) is 10.2 Å². The van der Waals surface area contributed by atoms with Crippen LogP contribution in [0.3, 0.4) is 0 Å². The molecule has 0 aromatic rings. The molecule has 3 nitrogen and oxygen atoms in total. The molecule has 0 saturated carbocycles. The van der Waals surface area contributed by atoms with Crippen LogP contribution in [0.1, 0.15) is 19.3 Å². The van der Waals surface area contributed by atoms with Crippen LogP contribution in [0, 0.1) is 0 Å². The van der Waals surface area contributed by atoms with E-state index >= 15 is 0 Å². The van der Waals surface area contributed by atoms with Gasteiger partial charge in [0.15, 0.2) is 0 Å². The molecule has 0 unspecified atom stereocenters. The highest BCUT2D eigenvalue weighted by Gasteiger charge is 2.07. The highest BCUT2D eigenvalue weighted by molar-refractivity contribution is 4.61. The summed E-state index contributed by atoms with van der Waals surface area (Å²) in [6.45, 7) is 3.22. The third-order valence-corrected chi connectivity index (χ3v) is 1.85. The van der Waals surface area contributed by atoms with Crippen LogP contribution in [-0.4, -0.2) is 31.7 Å². The molecule has 1 aliphatic heterocycles. The molecule has 1 rings (SSSR count). The van der Waals surface area contributed by atoms with E-state index in [9.17, 15) is 0 Å². The number of azo groups is 1. The molecule has 3 heteroatoms. The number of hydrogen-bond acceptors (Lipinski definition) is 3. The fourth-order valence-corrected chi connectivity index (χ4v) is 1.25. The molecular formula is C7H15N3. The summed E-state index contributed by atoms with van der Waals surface area (Å²) < 4.78 is 0. The van der Waals surface area contributed by atoms with E-state index in [1.807, 2.05) is 0 Å². The Morgan fingerprint density at radius 1 is 1.20 bits per heavy atom. The van der Waals surface area contributed by atoms with Crippen molar-refractivity contribution < 1.29 is 0 Å². The molecule has 0 radical (unpaired) electrons. The maximum atomic E-state index is 3.95. The molecule has 0 N–H and O–H groups in total. The number of hydrogen-bond donors (Lipinski definition) is 0. The lowest BCUT2D eigenvalue weighted by Crippen LogP contribution is -2.29. The summed E-state index contributed by atoms with van der Waals surface area (Å²) in [7, 11) is 1.73. The van der Waals surface area contributed by atoms with Crippen LogP contribution in [0.5, 0.6) is 0 Å². The summed E-state index contributed by atoms with van der Waals surface area (Å²) in [5.41, 5.74) is 0. The van der Waals surface area contributed by atoms with E-state index < -0.39 is 0 Å². The van der Waals surface area contributed by atoms with Gasteiger partial charge in [0.25, 0.3) is 0 Å². The first-order valence-corrected chi connectivity index (χ1v) is 3.91. The highest BCUT2D eigenvalue weighted by Crippen LogP contribution is 2.07. The number of nitrogens with zero attached hydrogens (tertiary/aromatic N) is 3. The van der Waals surface area contributed by atoms with Crippen molar-refractivity contribution in [1.82, 2.24) is 4.90 Å². The second-order valence-electron chi connectivity index (χ2n) is 2.66. The van der Waals surface area contributed by atoms with E-state index in [-0.39, 0.29) is 0 Å². The normalized spacial score (nSPS) is 22.1. The minimum Gasteiger partial charge on any atom is -0.283 e. The first-order chi connectivity index (χ1) is 4.93. The van der Waals surface area contributed by atoms with Crippen molar-refractivity contribution in [3.63, 3.8) is 0 Å². The van der Waals surface area contributed by atoms with Gasteiger partial charge in [-0.3, -0.25) is 4.90 Å². The zero-order chi connectivity index (χ0) is 7.23. The molecule has 0 bridgehead atoms. The molecule has 0 aromatic carbocycles. The molecule has 0 spiro atoms. The first kappa shape index (κ1) is 7.66. The summed E-state index contributed by atoms with van der Waals surface area (Å²) in [6, 6.07) is 0. The van der Waals surface area contributed by atoms with Crippen LogP contribution in [0.4, 0.5) is 0 Å². The van der Waals surface area contributed by atoms with E-state index in [2.05, 4.69) is 15.1 Å². The second-order valence-corrected chi connectivity index (χ2v) is 2.66. The number of piperidine rings is 1. The second kappa shape index (κ2) is 4.39. The van der Waals surface area contributed by atoms with Gasteiger partial charge < -0.3 is 0 Å². The molecule has 1 heterocycles. The standard InChI is InChI=1S/C7H15N3/c1-8-9-7-10-5-3-2-4-6-10/h2-7H2,1H3. The zero-order valence-corrected chi connectivity index (χ0v) is 6.58. The van der Waals surface area contributed by atoms with Crippen LogP contribution in [0.25, 0.3) is 0 Å². The van der Waals surface area contributed by atoms with Gasteiger partial charge in [-0.1, -0.05) is 6.42 Å². The third kappa shape index (κ3) is 2.43. The van der Waals surface area contributed by atoms with Gasteiger partial charge in [-0.15, -0.1) is 0 Å². The van der Waals surface area contributed by atoms with Crippen LogP contribution in [-0.2, 0) is 0 Å². The Balaban J connectivity index is 2.13. The number of likely N-dealkylation sites (tertiary alicyclic amines) is 1. The van der Waals surface area contributed by atoms with Crippen molar-refractivity contribution in [1.29, 1.82) is 0 Å². The molecule has 0 amide bonds. The van der Waals surface area contributed by atoms with E-state index in [1.54, 1.807) is 7.05 Å². The Morgan fingerprint density at radius 3 is 2.50 bits per heavy atom. The lowest BCUT2D eigenvalue weighted by atomic mass is 10.1. The fourth-order valence-electron chi connectivity index (χ4n) is 1.25. The molecule has 0 aliphatic carbocycles. The van der Waals surface area contributed by atoms with Gasteiger partial charge in [-0.05, 0) is 25.9 Å². The van der Waals surface area contributed by atoms with Crippen molar-refractivity contribution in [3.05, 3.63) is 0 Å². The van der Waals surface area contributed by atoms with Gasteiger partial charge in [0.05, 0.1) is 0 Å². The Kier molecular flexibility index (Phi) is 3.36. The summed E-state index contributed by atoms with van der Waals surface area (Å²) in [6.07, 6.45) is 4.05. The van der Waals surface area contributed by atoms with Crippen LogP contribution < -0.4 is 0 Å². The Bertz CT molecular complexity index is 105. The molecule has 1 aliphatic rings. The summed E-state index contributed by atoms with van der Waals surface area (Å²) >= 11 is 0. The highest BCUT2D eigenvalue weighted by atomic mass is 15.3. The lowest BCUT2D eigenvalue weighted by Gasteiger charge is -2.23. The van der Waals surface area contributed by atoms with Gasteiger partial charge in [0.2, 0.25) is 0 Å². The minimum absolute atomic E-state index is 0.802. The topological polar surface area (TPSA) is 28.0 Å². The average Bonchev–Trinajstić information content (AvgIpc) is 2.03. The summed E-state index contributed by atoms with van der Waals surface area (Å²) in [4.78, 5) is 2.34. The maximum absolute atomic E-state index is 3.95. The van der Waals surface area contributed by atoms with E-state index in [1.165, 1.54) is 32.4 Å². The van der Waals surface area contributed by atoms with Crippen molar-refractivity contribution in [3.8, 4) is 0 Å². The maximum Gasteiger partial charge on any atom is 0.112 e. The van der Waals surface area contributed by atoms with Gasteiger partial charge in [0.1, 0.15) is 6.67 Å². The Labute approximate surface area is 62.1 Å². The molecule has 10 heavy (non-hydrogen) atoms. The summed E-state index contributed by atoms with van der Waals surface area (Å²) in [5, 5.41) is 7.66. The van der Waals surface area contributed by atoms with E-state index in [4.69, 9.17) is 0 Å². The molecular weight excluding hydrogens is 126 g/mol. The van der Waals surface area contributed by atoms with Gasteiger partial charge in [0, 0.05) is 7.05 Å². The average molecular weight is 141 g/mol. The Morgan fingerprint density at radius 2 is 1.90 bits per heavy atom. The molecule has 1 fully saturated rings. The monoisotopic (exact) mass is 141 g/mol. The van der Waals surface area contributed by atoms with Crippen molar-refractivity contribution >= 4 is 0 Å². The van der Waals surface area contributed by atoms with Crippen LogP contribution >= 0.6 is 0 Å². The predicted octanol–water partition coefficient (Wildman–Crippen LogP) is 1.51. The van der Waals surface area contributed by atoms with Crippen molar-refractivity contribution in [2.75, 3.05) is 26.8 Å². The third-order valence-electron chi connectivity index (χ3n) is 1.85. The summed E-state index contributed by atoms with van der Waals surface area (Å²) in [5.74, 6) is 0. The fraction of sp³-hybridized carbons (Fsp3) is 1.00. The first-order valence-electron chi connectivity index (χ1n) is 3.91. The lowest BCUT2D eigenvalue weighted by molar-refractivity contribution is 0.232. The van der Waals surface area contributed by atoms with Crippen molar-refractivity contribution in [2.24, 2.45) is 10.2 Å². The van der Waals surface area contributed by atoms with Crippen molar-refractivity contribution in [2.45, 2.75) is 19.3 Å². The minimum atomic E-state index is 0.802. The van der Waals surface area contributed by atoms with Gasteiger partial charge in [-0.25, -0.2) is 0 Å². The zero-order valence-electron chi connectivity index (χ0n) is 6.58. The molecule has 0 atom stereocenters. The van der Waals surface area contributed by atoms with Gasteiger partial charge in [-0.2, -0.15) is 10.2 Å². The predicted molar refractivity (Wildman–Crippen MR) is 41.1 cm³/mol. The van der Waals surface area contributed by atoms with E-state index in [0.29, 0.717) is 0 Å². The van der Waals surface area contributed by atoms with Gasteiger partial charge >= 0.3 is 0 Å². The quantitative estimate of drug-likeness (QED) is 0.536. The molecule has 58 valence electrons. The SMILES string of the molecule is CN=NCN1CCCCC1. The Hall–Kier alpha value is -0.440. The molecule has 0 aromatic heterocycles. The van der Waals surface area contributed by atoms with Crippen LogP contribution in [0.2, 0.25) is 0 Å². The molecule has 1 saturated heterocycles. The smallest absolute Gasteiger partial charge is 0.112 e. The van der Waals surface area contributed by atoms with E-state index in [0.717, 1.165) is 6.67 Å². The number of rotatable bonds is 2.